The minimum absolute atomic E-state index is 0.137. The first-order chi connectivity index (χ1) is 13.1. The Morgan fingerprint density at radius 2 is 1.82 bits per heavy atom. The van der Waals surface area contributed by atoms with Crippen LogP contribution in [0.5, 0.6) is 5.75 Å². The van der Waals surface area contributed by atoms with Crippen LogP contribution in [-0.2, 0) is 19.1 Å². The largest absolute Gasteiger partial charge is 0.481 e. The third-order valence-corrected chi connectivity index (χ3v) is 6.10. The van der Waals surface area contributed by atoms with Crippen LogP contribution < -0.4 is 4.74 Å². The van der Waals surface area contributed by atoms with E-state index < -0.39 is 28.1 Å². The van der Waals surface area contributed by atoms with Gasteiger partial charge in [0.05, 0.1) is 23.8 Å². The average Bonchev–Trinajstić information content (AvgIpc) is 2.60. The highest BCUT2D eigenvalue weighted by molar-refractivity contribution is 7.85. The van der Waals surface area contributed by atoms with Gasteiger partial charge in [0, 0.05) is 10.9 Å². The predicted octanol–water partition coefficient (Wildman–Crippen LogP) is 4.32. The zero-order chi connectivity index (χ0) is 20.6. The maximum atomic E-state index is 12.9. The van der Waals surface area contributed by atoms with Gasteiger partial charge in [-0.05, 0) is 48.7 Å². The molecular weight excluding hydrogens is 423 g/mol. The molecule has 8 heteroatoms. The molecule has 0 radical (unpaired) electrons. The van der Waals surface area contributed by atoms with E-state index in [1.54, 1.807) is 12.1 Å². The molecule has 28 heavy (non-hydrogen) atoms. The van der Waals surface area contributed by atoms with E-state index in [0.717, 1.165) is 22.9 Å². The number of halogens is 2. The maximum absolute atomic E-state index is 12.9. The second kappa shape index (κ2) is 8.03. The van der Waals surface area contributed by atoms with Crippen molar-refractivity contribution in [3.8, 4) is 5.75 Å². The second-order valence-corrected chi connectivity index (χ2v) is 9.42. The molecule has 0 unspecified atom stereocenters. The molecule has 1 saturated carbocycles. The standard InChI is InChI=1S/C20H20Cl2O5S/c1-11-5-4-6-14(12(11)2)18-15(10-26-28(3,24)25)20(19(18)23)27-17-8-7-13(21)9-16(17)22/h4-9,15,18,20H,10H2,1-3H3/t15-,18+,20+/m1/s1. The first-order valence-electron chi connectivity index (χ1n) is 8.64. The van der Waals surface area contributed by atoms with Gasteiger partial charge in [-0.2, -0.15) is 8.42 Å². The van der Waals surface area contributed by atoms with Crippen LogP contribution in [0.15, 0.2) is 36.4 Å². The lowest BCUT2D eigenvalue weighted by Crippen LogP contribution is -2.55. The summed E-state index contributed by atoms with van der Waals surface area (Å²) in [5.74, 6) is -0.790. The molecule has 3 atom stereocenters. The van der Waals surface area contributed by atoms with Gasteiger partial charge in [-0.3, -0.25) is 8.98 Å². The van der Waals surface area contributed by atoms with E-state index in [4.69, 9.17) is 32.1 Å². The fourth-order valence-corrected chi connectivity index (χ4v) is 4.25. The molecule has 0 bridgehead atoms. The number of ketones is 1. The molecule has 150 valence electrons. The Kier molecular flexibility index (Phi) is 6.05. The van der Waals surface area contributed by atoms with Crippen LogP contribution in [0.3, 0.4) is 0 Å². The lowest BCUT2D eigenvalue weighted by atomic mass is 9.65. The van der Waals surface area contributed by atoms with E-state index in [9.17, 15) is 13.2 Å². The van der Waals surface area contributed by atoms with Crippen molar-refractivity contribution in [2.45, 2.75) is 25.9 Å². The summed E-state index contributed by atoms with van der Waals surface area (Å²) in [7, 11) is -3.66. The van der Waals surface area contributed by atoms with Gasteiger partial charge in [0.1, 0.15) is 5.75 Å². The fourth-order valence-electron chi connectivity index (χ4n) is 3.39. The van der Waals surface area contributed by atoms with Crippen LogP contribution in [0.2, 0.25) is 10.0 Å². The Morgan fingerprint density at radius 3 is 2.46 bits per heavy atom. The highest BCUT2D eigenvalue weighted by atomic mass is 35.5. The topological polar surface area (TPSA) is 69.7 Å². The Hall–Kier alpha value is -1.60. The fraction of sp³-hybridized carbons (Fsp3) is 0.350. The molecule has 0 aliphatic heterocycles. The lowest BCUT2D eigenvalue weighted by Gasteiger charge is -2.43. The Labute approximate surface area is 174 Å². The normalized spacial score (nSPS) is 22.0. The summed E-state index contributed by atoms with van der Waals surface area (Å²) in [5, 5.41) is 0.723. The van der Waals surface area contributed by atoms with E-state index in [2.05, 4.69) is 0 Å². The second-order valence-electron chi connectivity index (χ2n) is 6.93. The first-order valence-corrected chi connectivity index (χ1v) is 11.2. The lowest BCUT2D eigenvalue weighted by molar-refractivity contribution is -0.145. The van der Waals surface area contributed by atoms with Crippen molar-refractivity contribution in [1.82, 2.24) is 0 Å². The molecule has 5 nitrogen and oxygen atoms in total. The summed E-state index contributed by atoms with van der Waals surface area (Å²) >= 11 is 12.1. The summed E-state index contributed by atoms with van der Waals surface area (Å²) < 4.78 is 33.8. The number of carbonyl (C=O) groups excluding carboxylic acids is 1. The number of carbonyl (C=O) groups is 1. The number of ether oxygens (including phenoxy) is 1. The number of rotatable bonds is 6. The number of benzene rings is 2. The van der Waals surface area contributed by atoms with Crippen LogP contribution in [0.25, 0.3) is 0 Å². The quantitative estimate of drug-likeness (QED) is 0.623. The van der Waals surface area contributed by atoms with Crippen molar-refractivity contribution in [2.75, 3.05) is 12.9 Å². The molecule has 1 aliphatic carbocycles. The molecule has 0 saturated heterocycles. The molecule has 2 aromatic rings. The van der Waals surface area contributed by atoms with Gasteiger partial charge in [-0.25, -0.2) is 0 Å². The third kappa shape index (κ3) is 4.35. The van der Waals surface area contributed by atoms with Crippen LogP contribution in [0.4, 0.5) is 0 Å². The predicted molar refractivity (Wildman–Crippen MR) is 109 cm³/mol. The van der Waals surface area contributed by atoms with Crippen molar-refractivity contribution >= 4 is 39.1 Å². The summed E-state index contributed by atoms with van der Waals surface area (Å²) in [6, 6.07) is 10.4. The summed E-state index contributed by atoms with van der Waals surface area (Å²) in [6.45, 7) is 3.75. The van der Waals surface area contributed by atoms with Crippen LogP contribution in [-0.4, -0.2) is 33.2 Å². The molecule has 0 spiro atoms. The molecule has 0 N–H and O–H groups in total. The van der Waals surface area contributed by atoms with Gasteiger partial charge in [0.15, 0.2) is 11.9 Å². The molecular formula is C20H20Cl2O5S. The van der Waals surface area contributed by atoms with Crippen molar-refractivity contribution in [2.24, 2.45) is 5.92 Å². The molecule has 3 rings (SSSR count). The highest BCUT2D eigenvalue weighted by Gasteiger charge is 2.53. The minimum Gasteiger partial charge on any atom is -0.481 e. The monoisotopic (exact) mass is 442 g/mol. The Balaban J connectivity index is 1.91. The molecule has 2 aromatic carbocycles. The molecule has 0 amide bonds. The average molecular weight is 443 g/mol. The number of Topliss-reactive ketones (excluding diaryl/α,β-unsaturated/α-hetero) is 1. The van der Waals surface area contributed by atoms with Crippen molar-refractivity contribution in [1.29, 1.82) is 0 Å². The molecule has 1 aliphatic rings. The number of hydrogen-bond donors (Lipinski definition) is 0. The smallest absolute Gasteiger partial charge is 0.264 e. The van der Waals surface area contributed by atoms with E-state index in [1.807, 2.05) is 32.0 Å². The summed E-state index contributed by atoms with van der Waals surface area (Å²) in [6.07, 6.45) is 0.122. The summed E-state index contributed by atoms with van der Waals surface area (Å²) in [4.78, 5) is 12.9. The molecule has 0 aromatic heterocycles. The Morgan fingerprint density at radius 1 is 1.11 bits per heavy atom. The third-order valence-electron chi connectivity index (χ3n) is 5.01. The van der Waals surface area contributed by atoms with Gasteiger partial charge in [0.25, 0.3) is 10.1 Å². The zero-order valence-electron chi connectivity index (χ0n) is 15.6. The SMILES string of the molecule is Cc1cccc([C@@H]2C(=O)[C@@H](Oc3ccc(Cl)cc3Cl)[C@@H]2COS(C)(=O)=O)c1C. The van der Waals surface area contributed by atoms with Gasteiger partial charge >= 0.3 is 0 Å². The van der Waals surface area contributed by atoms with E-state index in [0.29, 0.717) is 10.8 Å². The van der Waals surface area contributed by atoms with E-state index in [1.165, 1.54) is 6.07 Å². The first kappa shape index (κ1) is 21.1. The molecule has 1 fully saturated rings. The zero-order valence-corrected chi connectivity index (χ0v) is 17.9. The van der Waals surface area contributed by atoms with Crippen LogP contribution in [0.1, 0.15) is 22.6 Å². The maximum Gasteiger partial charge on any atom is 0.264 e. The van der Waals surface area contributed by atoms with Crippen LogP contribution >= 0.6 is 23.2 Å². The van der Waals surface area contributed by atoms with Crippen molar-refractivity contribution in [3.05, 3.63) is 63.1 Å². The highest BCUT2D eigenvalue weighted by Crippen LogP contribution is 2.44. The van der Waals surface area contributed by atoms with Crippen molar-refractivity contribution in [3.63, 3.8) is 0 Å². The van der Waals surface area contributed by atoms with Gasteiger partial charge in [-0.1, -0.05) is 41.4 Å². The number of hydrogen-bond acceptors (Lipinski definition) is 5. The minimum atomic E-state index is -3.66. The van der Waals surface area contributed by atoms with E-state index >= 15 is 0 Å². The number of aryl methyl sites for hydroxylation is 1. The van der Waals surface area contributed by atoms with Gasteiger partial charge in [0.2, 0.25) is 0 Å². The molecule has 0 heterocycles. The van der Waals surface area contributed by atoms with Gasteiger partial charge in [-0.15, -0.1) is 0 Å². The van der Waals surface area contributed by atoms with Crippen LogP contribution in [0, 0.1) is 19.8 Å². The summed E-state index contributed by atoms with van der Waals surface area (Å²) in [5.41, 5.74) is 2.90. The van der Waals surface area contributed by atoms with Gasteiger partial charge < -0.3 is 4.74 Å². The Bertz CT molecular complexity index is 1020. The van der Waals surface area contributed by atoms with E-state index in [-0.39, 0.29) is 17.4 Å². The van der Waals surface area contributed by atoms with Crippen molar-refractivity contribution < 1.29 is 22.1 Å².